The average molecular weight is 612 g/mol. The fourth-order valence-electron chi connectivity index (χ4n) is 2.92. The van der Waals surface area contributed by atoms with Crippen molar-refractivity contribution >= 4 is 97.7 Å². The van der Waals surface area contributed by atoms with Crippen molar-refractivity contribution in [3.63, 3.8) is 0 Å². The Kier molecular flexibility index (Phi) is 7.21. The number of ether oxygens (including phenoxy) is 1. The highest BCUT2D eigenvalue weighted by Crippen LogP contribution is 2.38. The lowest BCUT2D eigenvalue weighted by Gasteiger charge is -2.15. The molecule has 0 bridgehead atoms. The molecule has 1 aliphatic rings. The fourth-order valence-corrected chi connectivity index (χ4v) is 5.12. The summed E-state index contributed by atoms with van der Waals surface area (Å²) in [6.07, 6.45) is 1.71. The number of benzene rings is 3. The third-order valence-corrected chi connectivity index (χ3v) is 7.40. The topological polar surface area (TPSA) is 46.6 Å². The largest absolute Gasteiger partial charge is 0.423 e. The molecule has 1 amide bonds. The van der Waals surface area contributed by atoms with Crippen molar-refractivity contribution in [2.75, 3.05) is 4.90 Å². The minimum atomic E-state index is -0.446. The molecule has 1 saturated heterocycles. The average Bonchev–Trinajstić information content (AvgIpc) is 3.03. The number of rotatable bonds is 4. The Labute approximate surface area is 217 Å². The van der Waals surface area contributed by atoms with Crippen molar-refractivity contribution < 1.29 is 14.3 Å². The van der Waals surface area contributed by atoms with E-state index in [-0.39, 0.29) is 5.91 Å². The number of hydrogen-bond donors (Lipinski definition) is 0. The zero-order chi connectivity index (χ0) is 22.8. The van der Waals surface area contributed by atoms with Crippen molar-refractivity contribution in [1.29, 1.82) is 0 Å². The molecule has 4 rings (SSSR count). The number of nitrogens with zero attached hydrogens (tertiary/aromatic N) is 1. The third kappa shape index (κ3) is 5.02. The van der Waals surface area contributed by atoms with Crippen LogP contribution in [0.3, 0.4) is 0 Å². The van der Waals surface area contributed by atoms with Gasteiger partial charge in [0.25, 0.3) is 5.91 Å². The van der Waals surface area contributed by atoms with Crippen LogP contribution in [0.5, 0.6) is 5.75 Å². The molecule has 3 aromatic rings. The Morgan fingerprint density at radius 3 is 2.56 bits per heavy atom. The van der Waals surface area contributed by atoms with Crippen LogP contribution in [-0.4, -0.2) is 16.2 Å². The molecule has 4 nitrogen and oxygen atoms in total. The van der Waals surface area contributed by atoms with Crippen LogP contribution in [0.15, 0.2) is 71.6 Å². The normalized spacial score (nSPS) is 14.8. The molecule has 0 unspecified atom stereocenters. The SMILES string of the molecule is O=C(Oc1cccc(/C=C2/SC(=S)N(c3ccc(Cl)c(Cl)c3)C2=O)c1)c1ccccc1I. The molecule has 0 atom stereocenters. The van der Waals surface area contributed by atoms with Crippen LogP contribution in [0.2, 0.25) is 10.0 Å². The summed E-state index contributed by atoms with van der Waals surface area (Å²) in [7, 11) is 0. The fraction of sp³-hybridized carbons (Fsp3) is 0. The number of halogens is 3. The van der Waals surface area contributed by atoms with E-state index in [0.717, 1.165) is 3.57 Å². The van der Waals surface area contributed by atoms with Gasteiger partial charge in [0.2, 0.25) is 0 Å². The molecular formula is C23H12Cl2INO3S2. The van der Waals surface area contributed by atoms with Crippen molar-refractivity contribution in [3.8, 4) is 5.75 Å². The monoisotopic (exact) mass is 611 g/mol. The van der Waals surface area contributed by atoms with Gasteiger partial charge in [-0.05, 0) is 76.7 Å². The van der Waals surface area contributed by atoms with Gasteiger partial charge < -0.3 is 4.74 Å². The number of esters is 1. The van der Waals surface area contributed by atoms with Crippen LogP contribution in [0.1, 0.15) is 15.9 Å². The lowest BCUT2D eigenvalue weighted by Crippen LogP contribution is -2.27. The summed E-state index contributed by atoms with van der Waals surface area (Å²) in [6.45, 7) is 0. The minimum Gasteiger partial charge on any atom is -0.423 e. The molecular weight excluding hydrogens is 600 g/mol. The van der Waals surface area contributed by atoms with Gasteiger partial charge in [-0.25, -0.2) is 4.79 Å². The molecule has 9 heteroatoms. The van der Waals surface area contributed by atoms with Crippen LogP contribution in [-0.2, 0) is 4.79 Å². The van der Waals surface area contributed by atoms with Gasteiger partial charge in [0.05, 0.1) is 26.2 Å². The van der Waals surface area contributed by atoms with Gasteiger partial charge in [-0.1, -0.05) is 71.4 Å². The van der Waals surface area contributed by atoms with Gasteiger partial charge in [-0.3, -0.25) is 9.69 Å². The molecule has 1 fully saturated rings. The second-order valence-electron chi connectivity index (χ2n) is 6.56. The maximum Gasteiger partial charge on any atom is 0.344 e. The zero-order valence-electron chi connectivity index (χ0n) is 16.1. The number of amides is 1. The lowest BCUT2D eigenvalue weighted by atomic mass is 10.2. The highest BCUT2D eigenvalue weighted by atomic mass is 127. The summed E-state index contributed by atoms with van der Waals surface area (Å²) in [6, 6.07) is 19.0. The standard InChI is InChI=1S/C23H12Cl2INO3S2/c24-17-9-8-14(12-18(17)25)27-21(28)20(32-23(27)31)11-13-4-3-5-15(10-13)30-22(29)16-6-1-2-7-19(16)26/h1-12H/b20-11+. The van der Waals surface area contributed by atoms with Crippen LogP contribution >= 0.6 is 69.8 Å². The summed E-state index contributed by atoms with van der Waals surface area (Å²) in [4.78, 5) is 27.3. The molecule has 160 valence electrons. The number of carbonyl (C=O) groups excluding carboxylic acids is 2. The highest BCUT2D eigenvalue weighted by molar-refractivity contribution is 14.1. The van der Waals surface area contributed by atoms with Crippen molar-refractivity contribution in [3.05, 3.63) is 96.4 Å². The number of carbonyl (C=O) groups is 2. The third-order valence-electron chi connectivity index (χ3n) is 4.42. The molecule has 1 aliphatic heterocycles. The summed E-state index contributed by atoms with van der Waals surface area (Å²) < 4.78 is 6.71. The molecule has 32 heavy (non-hydrogen) atoms. The van der Waals surface area contributed by atoms with Crippen LogP contribution in [0, 0.1) is 3.57 Å². The Morgan fingerprint density at radius 2 is 1.81 bits per heavy atom. The van der Waals surface area contributed by atoms with E-state index in [1.54, 1.807) is 54.6 Å². The smallest absolute Gasteiger partial charge is 0.344 e. The van der Waals surface area contributed by atoms with Crippen LogP contribution in [0.25, 0.3) is 6.08 Å². The molecule has 0 radical (unpaired) electrons. The van der Waals surface area contributed by atoms with Crippen molar-refractivity contribution in [2.45, 2.75) is 0 Å². The van der Waals surface area contributed by atoms with Gasteiger partial charge in [-0.2, -0.15) is 0 Å². The van der Waals surface area contributed by atoms with Gasteiger partial charge in [0.15, 0.2) is 4.32 Å². The quantitative estimate of drug-likeness (QED) is 0.102. The Bertz CT molecular complexity index is 1300. The Balaban J connectivity index is 1.56. The molecule has 0 aromatic heterocycles. The Hall–Kier alpha value is -1.91. The maximum absolute atomic E-state index is 13.0. The number of thioether (sulfide) groups is 1. The predicted octanol–water partition coefficient (Wildman–Crippen LogP) is 7.22. The van der Waals surface area contributed by atoms with E-state index in [9.17, 15) is 9.59 Å². The van der Waals surface area contributed by atoms with E-state index in [0.29, 0.717) is 41.8 Å². The molecule has 0 saturated carbocycles. The van der Waals surface area contributed by atoms with Gasteiger partial charge in [0.1, 0.15) is 5.75 Å². The van der Waals surface area contributed by atoms with Crippen LogP contribution in [0.4, 0.5) is 5.69 Å². The van der Waals surface area contributed by atoms with E-state index in [1.165, 1.54) is 16.7 Å². The first-order valence-corrected chi connectivity index (χ1v) is 12.2. The maximum atomic E-state index is 13.0. The van der Waals surface area contributed by atoms with E-state index in [4.69, 9.17) is 40.2 Å². The predicted molar refractivity (Wildman–Crippen MR) is 143 cm³/mol. The highest BCUT2D eigenvalue weighted by Gasteiger charge is 2.33. The number of thiocarbonyl (C=S) groups is 1. The number of anilines is 1. The first kappa shape index (κ1) is 23.3. The Morgan fingerprint density at radius 1 is 1.03 bits per heavy atom. The van der Waals surface area contributed by atoms with Crippen molar-refractivity contribution in [1.82, 2.24) is 0 Å². The molecule has 0 N–H and O–H groups in total. The minimum absolute atomic E-state index is 0.264. The van der Waals surface area contributed by atoms with E-state index < -0.39 is 5.97 Å². The zero-order valence-corrected chi connectivity index (χ0v) is 21.4. The molecule has 3 aromatic carbocycles. The second-order valence-corrected chi connectivity index (χ2v) is 10.2. The van der Waals surface area contributed by atoms with Gasteiger partial charge in [0, 0.05) is 3.57 Å². The lowest BCUT2D eigenvalue weighted by molar-refractivity contribution is -0.113. The first-order valence-electron chi connectivity index (χ1n) is 9.13. The van der Waals surface area contributed by atoms with E-state index in [1.807, 2.05) is 18.2 Å². The van der Waals surface area contributed by atoms with E-state index >= 15 is 0 Å². The van der Waals surface area contributed by atoms with E-state index in [2.05, 4.69) is 22.6 Å². The summed E-state index contributed by atoms with van der Waals surface area (Å²) in [5.74, 6) is -0.332. The summed E-state index contributed by atoms with van der Waals surface area (Å²) >= 11 is 20.7. The molecule has 1 heterocycles. The summed E-state index contributed by atoms with van der Waals surface area (Å²) in [5, 5.41) is 0.734. The van der Waals surface area contributed by atoms with Gasteiger partial charge >= 0.3 is 5.97 Å². The first-order chi connectivity index (χ1) is 15.3. The summed E-state index contributed by atoms with van der Waals surface area (Å²) in [5.41, 5.74) is 1.74. The number of hydrogen-bond acceptors (Lipinski definition) is 5. The van der Waals surface area contributed by atoms with Gasteiger partial charge in [-0.15, -0.1) is 0 Å². The second kappa shape index (κ2) is 9.93. The molecule has 0 aliphatic carbocycles. The van der Waals surface area contributed by atoms with Crippen molar-refractivity contribution in [2.24, 2.45) is 0 Å². The van der Waals surface area contributed by atoms with Crippen LogP contribution < -0.4 is 9.64 Å². The molecule has 0 spiro atoms.